The minimum Gasteiger partial charge on any atom is -0.464 e. The van der Waals surface area contributed by atoms with Gasteiger partial charge in [0.1, 0.15) is 6.61 Å². The van der Waals surface area contributed by atoms with Crippen LogP contribution in [0.4, 0.5) is 0 Å². The average molecular weight is 287 g/mol. The van der Waals surface area contributed by atoms with Gasteiger partial charge in [-0.05, 0) is 38.0 Å². The molecule has 0 aromatic rings. The van der Waals surface area contributed by atoms with Crippen LogP contribution in [0, 0.1) is 5.41 Å². The van der Waals surface area contributed by atoms with Crippen molar-refractivity contribution in [1.82, 2.24) is 5.32 Å². The summed E-state index contributed by atoms with van der Waals surface area (Å²) in [4.78, 5) is 11.0. The molecule has 0 unspecified atom stereocenters. The van der Waals surface area contributed by atoms with Gasteiger partial charge in [-0.15, -0.1) is 0 Å². The molecule has 0 amide bonds. The lowest BCUT2D eigenvalue weighted by atomic mass is 9.71. The van der Waals surface area contributed by atoms with E-state index in [2.05, 4.69) is 19.2 Å². The third-order valence-corrected chi connectivity index (χ3v) is 3.94. The SMILES string of the molecule is CCOC(=O)COCCNCC1(O)CCC(C)(C)CC1. The summed E-state index contributed by atoms with van der Waals surface area (Å²) in [5, 5.41) is 13.6. The number of nitrogens with one attached hydrogen (secondary N) is 1. The van der Waals surface area contributed by atoms with Crippen LogP contribution in [0.5, 0.6) is 0 Å². The lowest BCUT2D eigenvalue weighted by Gasteiger charge is -2.40. The summed E-state index contributed by atoms with van der Waals surface area (Å²) in [5.74, 6) is -0.333. The van der Waals surface area contributed by atoms with Gasteiger partial charge in [0.25, 0.3) is 0 Å². The molecule has 0 aliphatic heterocycles. The summed E-state index contributed by atoms with van der Waals surface area (Å²) in [6, 6.07) is 0. The molecule has 0 saturated heterocycles. The first-order chi connectivity index (χ1) is 9.37. The molecule has 1 aliphatic carbocycles. The van der Waals surface area contributed by atoms with Gasteiger partial charge in [-0.3, -0.25) is 0 Å². The molecule has 1 aliphatic rings. The summed E-state index contributed by atoms with van der Waals surface area (Å²) < 4.78 is 9.94. The molecule has 0 spiro atoms. The topological polar surface area (TPSA) is 67.8 Å². The number of hydrogen-bond donors (Lipinski definition) is 2. The van der Waals surface area contributed by atoms with Crippen molar-refractivity contribution in [1.29, 1.82) is 0 Å². The molecule has 118 valence electrons. The molecule has 1 rings (SSSR count). The highest BCUT2D eigenvalue weighted by Crippen LogP contribution is 2.39. The lowest BCUT2D eigenvalue weighted by Crippen LogP contribution is -2.45. The van der Waals surface area contributed by atoms with Crippen molar-refractivity contribution in [3.05, 3.63) is 0 Å². The monoisotopic (exact) mass is 287 g/mol. The highest BCUT2D eigenvalue weighted by Gasteiger charge is 2.36. The van der Waals surface area contributed by atoms with Crippen LogP contribution in [-0.4, -0.2) is 49.6 Å². The van der Waals surface area contributed by atoms with Crippen LogP contribution in [0.1, 0.15) is 46.5 Å². The lowest BCUT2D eigenvalue weighted by molar-refractivity contribution is -0.148. The number of ether oxygens (including phenoxy) is 2. The Hall–Kier alpha value is -0.650. The van der Waals surface area contributed by atoms with Crippen molar-refractivity contribution in [2.24, 2.45) is 5.41 Å². The fourth-order valence-electron chi connectivity index (χ4n) is 2.39. The summed E-state index contributed by atoms with van der Waals surface area (Å²) in [6.45, 7) is 8.31. The van der Waals surface area contributed by atoms with Crippen LogP contribution in [0.25, 0.3) is 0 Å². The van der Waals surface area contributed by atoms with Gasteiger partial charge in [-0.25, -0.2) is 4.79 Å². The smallest absolute Gasteiger partial charge is 0.332 e. The van der Waals surface area contributed by atoms with Crippen LogP contribution in [0.15, 0.2) is 0 Å². The van der Waals surface area contributed by atoms with E-state index in [1.165, 1.54) is 0 Å². The molecule has 0 radical (unpaired) electrons. The van der Waals surface area contributed by atoms with E-state index >= 15 is 0 Å². The molecule has 0 aromatic heterocycles. The fourth-order valence-corrected chi connectivity index (χ4v) is 2.39. The zero-order valence-electron chi connectivity index (χ0n) is 13.0. The second-order valence-corrected chi connectivity index (χ2v) is 6.42. The van der Waals surface area contributed by atoms with E-state index in [0.717, 1.165) is 25.7 Å². The largest absolute Gasteiger partial charge is 0.464 e. The molecule has 0 atom stereocenters. The Morgan fingerprint density at radius 2 is 1.90 bits per heavy atom. The van der Waals surface area contributed by atoms with E-state index in [-0.39, 0.29) is 12.6 Å². The first-order valence-corrected chi connectivity index (χ1v) is 7.53. The summed E-state index contributed by atoms with van der Waals surface area (Å²) in [7, 11) is 0. The Morgan fingerprint density at radius 1 is 1.25 bits per heavy atom. The summed E-state index contributed by atoms with van der Waals surface area (Å²) >= 11 is 0. The minimum absolute atomic E-state index is 0.00597. The number of esters is 1. The third kappa shape index (κ3) is 6.68. The molecule has 5 heteroatoms. The van der Waals surface area contributed by atoms with Crippen LogP contribution in [0.2, 0.25) is 0 Å². The van der Waals surface area contributed by atoms with E-state index in [9.17, 15) is 9.90 Å². The molecular weight excluding hydrogens is 258 g/mol. The second kappa shape index (κ2) is 7.96. The molecule has 0 bridgehead atoms. The van der Waals surface area contributed by atoms with Gasteiger partial charge in [-0.2, -0.15) is 0 Å². The number of carbonyl (C=O) groups is 1. The van der Waals surface area contributed by atoms with Gasteiger partial charge in [0, 0.05) is 13.1 Å². The highest BCUT2D eigenvalue weighted by atomic mass is 16.6. The van der Waals surface area contributed by atoms with E-state index in [1.54, 1.807) is 6.92 Å². The Kier molecular flexibility index (Phi) is 6.92. The van der Waals surface area contributed by atoms with Gasteiger partial charge >= 0.3 is 5.97 Å². The van der Waals surface area contributed by atoms with Crippen molar-refractivity contribution in [3.63, 3.8) is 0 Å². The van der Waals surface area contributed by atoms with Gasteiger partial charge in [-0.1, -0.05) is 13.8 Å². The van der Waals surface area contributed by atoms with Gasteiger partial charge < -0.3 is 19.9 Å². The number of hydrogen-bond acceptors (Lipinski definition) is 5. The Labute approximate surface area is 122 Å². The van der Waals surface area contributed by atoms with Crippen LogP contribution in [0.3, 0.4) is 0 Å². The summed E-state index contributed by atoms with van der Waals surface area (Å²) in [6.07, 6.45) is 3.81. The van der Waals surface area contributed by atoms with Crippen molar-refractivity contribution in [2.45, 2.75) is 52.1 Å². The van der Waals surface area contributed by atoms with Gasteiger partial charge in [0.15, 0.2) is 0 Å². The van der Waals surface area contributed by atoms with Gasteiger partial charge in [0.05, 0.1) is 18.8 Å². The van der Waals surface area contributed by atoms with Crippen LogP contribution < -0.4 is 5.32 Å². The Morgan fingerprint density at radius 3 is 2.50 bits per heavy atom. The highest BCUT2D eigenvalue weighted by molar-refractivity contribution is 5.70. The van der Waals surface area contributed by atoms with E-state index in [4.69, 9.17) is 9.47 Å². The molecule has 1 saturated carbocycles. The number of rotatable bonds is 8. The zero-order valence-corrected chi connectivity index (χ0v) is 13.0. The predicted molar refractivity (Wildman–Crippen MR) is 77.5 cm³/mol. The van der Waals surface area contributed by atoms with Crippen molar-refractivity contribution >= 4 is 5.97 Å². The first kappa shape index (κ1) is 17.4. The second-order valence-electron chi connectivity index (χ2n) is 6.42. The predicted octanol–water partition coefficient (Wildman–Crippen LogP) is 1.49. The number of carbonyl (C=O) groups excluding carboxylic acids is 1. The molecule has 0 aromatic carbocycles. The standard InChI is InChI=1S/C15H29NO4/c1-4-20-13(17)11-19-10-9-16-12-15(18)7-5-14(2,3)6-8-15/h16,18H,4-12H2,1-3H3. The Balaban J connectivity index is 2.05. The molecular formula is C15H29NO4. The molecule has 5 nitrogen and oxygen atoms in total. The van der Waals surface area contributed by atoms with Crippen molar-refractivity contribution < 1.29 is 19.4 Å². The van der Waals surface area contributed by atoms with E-state index < -0.39 is 5.60 Å². The maximum atomic E-state index is 11.0. The van der Waals surface area contributed by atoms with Crippen molar-refractivity contribution in [3.8, 4) is 0 Å². The number of aliphatic hydroxyl groups is 1. The van der Waals surface area contributed by atoms with E-state index in [1.807, 2.05) is 0 Å². The van der Waals surface area contributed by atoms with Crippen LogP contribution >= 0.6 is 0 Å². The van der Waals surface area contributed by atoms with Gasteiger partial charge in [0.2, 0.25) is 0 Å². The normalized spacial score (nSPS) is 20.6. The molecule has 2 N–H and O–H groups in total. The maximum absolute atomic E-state index is 11.0. The first-order valence-electron chi connectivity index (χ1n) is 7.53. The molecule has 20 heavy (non-hydrogen) atoms. The molecule has 1 fully saturated rings. The fraction of sp³-hybridized carbons (Fsp3) is 0.933. The average Bonchev–Trinajstić information content (AvgIpc) is 2.38. The Bertz CT molecular complexity index is 294. The minimum atomic E-state index is -0.587. The zero-order chi connectivity index (χ0) is 15.1. The summed E-state index contributed by atoms with van der Waals surface area (Å²) in [5.41, 5.74) is -0.231. The quantitative estimate of drug-likeness (QED) is 0.523. The molecule has 0 heterocycles. The third-order valence-electron chi connectivity index (χ3n) is 3.94. The van der Waals surface area contributed by atoms with Crippen LogP contribution in [-0.2, 0) is 14.3 Å². The van der Waals surface area contributed by atoms with E-state index in [0.29, 0.717) is 31.7 Å². The maximum Gasteiger partial charge on any atom is 0.332 e. The van der Waals surface area contributed by atoms with Crippen molar-refractivity contribution in [2.75, 3.05) is 32.9 Å².